The Labute approximate surface area is 130 Å². The fourth-order valence-electron chi connectivity index (χ4n) is 2.65. The summed E-state index contributed by atoms with van der Waals surface area (Å²) in [5, 5.41) is 0.691. The predicted octanol–water partition coefficient (Wildman–Crippen LogP) is 3.78. The molecular formula is C17H19ClN2O. The van der Waals surface area contributed by atoms with E-state index in [1.165, 1.54) is 5.56 Å². The molecular weight excluding hydrogens is 284 g/mol. The molecule has 4 heteroatoms. The molecule has 1 saturated heterocycles. The number of rotatable bonds is 4. The third kappa shape index (κ3) is 3.96. The maximum Gasteiger partial charge on any atom is 0.138 e. The molecule has 0 bridgehead atoms. The lowest BCUT2D eigenvalue weighted by Crippen LogP contribution is -2.37. The summed E-state index contributed by atoms with van der Waals surface area (Å²) >= 11 is 6.14. The van der Waals surface area contributed by atoms with Gasteiger partial charge in [0, 0.05) is 32.0 Å². The SMILES string of the molecule is Clc1ccccc1OC1CCN(Cc2ccncc2)CC1. The van der Waals surface area contributed by atoms with Crippen LogP contribution >= 0.6 is 11.6 Å². The van der Waals surface area contributed by atoms with E-state index < -0.39 is 0 Å². The van der Waals surface area contributed by atoms with Gasteiger partial charge in [-0.15, -0.1) is 0 Å². The molecule has 1 aliphatic heterocycles. The van der Waals surface area contributed by atoms with Crippen molar-refractivity contribution in [1.29, 1.82) is 0 Å². The highest BCUT2D eigenvalue weighted by atomic mass is 35.5. The zero-order valence-corrected chi connectivity index (χ0v) is 12.7. The number of nitrogens with zero attached hydrogens (tertiary/aromatic N) is 2. The zero-order valence-electron chi connectivity index (χ0n) is 11.9. The molecule has 0 spiro atoms. The standard InChI is InChI=1S/C17H19ClN2O/c18-16-3-1-2-4-17(16)21-15-7-11-20(12-8-15)13-14-5-9-19-10-6-14/h1-6,9-10,15H,7-8,11-13H2. The van der Waals surface area contributed by atoms with Crippen molar-refractivity contribution in [3.05, 3.63) is 59.4 Å². The first-order valence-electron chi connectivity index (χ1n) is 7.34. The number of pyridine rings is 1. The van der Waals surface area contributed by atoms with E-state index in [1.54, 1.807) is 0 Å². The van der Waals surface area contributed by atoms with Gasteiger partial charge in [-0.05, 0) is 42.7 Å². The topological polar surface area (TPSA) is 25.4 Å². The van der Waals surface area contributed by atoms with Crippen molar-refractivity contribution in [2.75, 3.05) is 13.1 Å². The monoisotopic (exact) mass is 302 g/mol. The Morgan fingerprint density at radius 1 is 1.10 bits per heavy atom. The maximum absolute atomic E-state index is 6.14. The van der Waals surface area contributed by atoms with Gasteiger partial charge < -0.3 is 4.74 Å². The summed E-state index contributed by atoms with van der Waals surface area (Å²) in [5.74, 6) is 0.798. The Morgan fingerprint density at radius 2 is 1.81 bits per heavy atom. The summed E-state index contributed by atoms with van der Waals surface area (Å²) in [5.41, 5.74) is 1.32. The quantitative estimate of drug-likeness (QED) is 0.859. The van der Waals surface area contributed by atoms with Crippen molar-refractivity contribution in [2.45, 2.75) is 25.5 Å². The molecule has 1 aromatic heterocycles. The van der Waals surface area contributed by atoms with Gasteiger partial charge in [0.05, 0.1) is 5.02 Å². The van der Waals surface area contributed by atoms with Gasteiger partial charge in [0.15, 0.2) is 0 Å². The third-order valence-corrected chi connectivity index (χ3v) is 4.13. The minimum atomic E-state index is 0.263. The van der Waals surface area contributed by atoms with Crippen LogP contribution in [0.2, 0.25) is 5.02 Å². The van der Waals surface area contributed by atoms with E-state index in [0.717, 1.165) is 38.2 Å². The van der Waals surface area contributed by atoms with Gasteiger partial charge in [0.2, 0.25) is 0 Å². The number of likely N-dealkylation sites (tertiary alicyclic amines) is 1. The first-order chi connectivity index (χ1) is 10.3. The van der Waals surface area contributed by atoms with Crippen LogP contribution in [0.4, 0.5) is 0 Å². The van der Waals surface area contributed by atoms with Crippen LogP contribution in [-0.2, 0) is 6.54 Å². The van der Waals surface area contributed by atoms with Gasteiger partial charge in [0.1, 0.15) is 11.9 Å². The molecule has 1 fully saturated rings. The highest BCUT2D eigenvalue weighted by molar-refractivity contribution is 6.32. The Hall–Kier alpha value is -1.58. The average molecular weight is 303 g/mol. The molecule has 1 aliphatic rings. The van der Waals surface area contributed by atoms with Crippen LogP contribution < -0.4 is 4.74 Å². The smallest absolute Gasteiger partial charge is 0.138 e. The van der Waals surface area contributed by atoms with Gasteiger partial charge in [-0.25, -0.2) is 0 Å². The molecule has 0 atom stereocenters. The van der Waals surface area contributed by atoms with Gasteiger partial charge >= 0.3 is 0 Å². The van der Waals surface area contributed by atoms with Gasteiger partial charge in [-0.3, -0.25) is 9.88 Å². The predicted molar refractivity (Wildman–Crippen MR) is 84.6 cm³/mol. The Kier molecular flexibility index (Phi) is 4.73. The maximum atomic E-state index is 6.14. The van der Waals surface area contributed by atoms with E-state index in [-0.39, 0.29) is 6.10 Å². The fraction of sp³-hybridized carbons (Fsp3) is 0.353. The minimum absolute atomic E-state index is 0.263. The molecule has 0 saturated carbocycles. The number of piperidine rings is 1. The molecule has 2 heterocycles. The molecule has 2 aromatic rings. The van der Waals surface area contributed by atoms with E-state index in [4.69, 9.17) is 16.3 Å². The molecule has 3 rings (SSSR count). The number of benzene rings is 1. The van der Waals surface area contributed by atoms with Crippen molar-refractivity contribution in [1.82, 2.24) is 9.88 Å². The summed E-state index contributed by atoms with van der Waals surface area (Å²) in [7, 11) is 0. The average Bonchev–Trinajstić information content (AvgIpc) is 2.52. The van der Waals surface area contributed by atoms with Crippen LogP contribution in [0.25, 0.3) is 0 Å². The molecule has 3 nitrogen and oxygen atoms in total. The highest BCUT2D eigenvalue weighted by Gasteiger charge is 2.21. The number of ether oxygens (including phenoxy) is 1. The second-order valence-electron chi connectivity index (χ2n) is 5.38. The lowest BCUT2D eigenvalue weighted by Gasteiger charge is -2.32. The van der Waals surface area contributed by atoms with E-state index >= 15 is 0 Å². The molecule has 1 aromatic carbocycles. The fourth-order valence-corrected chi connectivity index (χ4v) is 2.83. The van der Waals surface area contributed by atoms with Crippen LogP contribution in [0, 0.1) is 0 Å². The normalized spacial score (nSPS) is 16.8. The Morgan fingerprint density at radius 3 is 2.52 bits per heavy atom. The van der Waals surface area contributed by atoms with Crippen LogP contribution in [0.15, 0.2) is 48.8 Å². The van der Waals surface area contributed by atoms with E-state index in [1.807, 2.05) is 36.7 Å². The van der Waals surface area contributed by atoms with Gasteiger partial charge in [-0.1, -0.05) is 23.7 Å². The van der Waals surface area contributed by atoms with Gasteiger partial charge in [-0.2, -0.15) is 0 Å². The molecule has 0 amide bonds. The summed E-state index contributed by atoms with van der Waals surface area (Å²) in [6.45, 7) is 3.09. The summed E-state index contributed by atoms with van der Waals surface area (Å²) in [6, 6.07) is 11.8. The first kappa shape index (κ1) is 14.4. The number of hydrogen-bond acceptors (Lipinski definition) is 3. The van der Waals surface area contributed by atoms with E-state index in [2.05, 4.69) is 22.0 Å². The molecule has 0 unspecified atom stereocenters. The van der Waals surface area contributed by atoms with Crippen LogP contribution in [0.5, 0.6) is 5.75 Å². The van der Waals surface area contributed by atoms with Crippen LogP contribution in [0.1, 0.15) is 18.4 Å². The molecule has 0 N–H and O–H groups in total. The second kappa shape index (κ2) is 6.92. The van der Waals surface area contributed by atoms with Crippen molar-refractivity contribution < 1.29 is 4.74 Å². The Bertz CT molecular complexity index is 568. The Balaban J connectivity index is 1.50. The summed E-state index contributed by atoms with van der Waals surface area (Å²) in [6.07, 6.45) is 6.04. The van der Waals surface area contributed by atoms with Crippen molar-refractivity contribution >= 4 is 11.6 Å². The lowest BCUT2D eigenvalue weighted by molar-refractivity contribution is 0.0968. The summed E-state index contributed by atoms with van der Waals surface area (Å²) < 4.78 is 6.02. The van der Waals surface area contributed by atoms with Crippen molar-refractivity contribution in [3.63, 3.8) is 0 Å². The summed E-state index contributed by atoms with van der Waals surface area (Å²) in [4.78, 5) is 6.51. The van der Waals surface area contributed by atoms with Gasteiger partial charge in [0.25, 0.3) is 0 Å². The minimum Gasteiger partial charge on any atom is -0.489 e. The lowest BCUT2D eigenvalue weighted by atomic mass is 10.1. The highest BCUT2D eigenvalue weighted by Crippen LogP contribution is 2.27. The molecule has 0 radical (unpaired) electrons. The number of aromatic nitrogens is 1. The van der Waals surface area contributed by atoms with Crippen molar-refractivity contribution in [2.24, 2.45) is 0 Å². The second-order valence-corrected chi connectivity index (χ2v) is 5.79. The number of hydrogen-bond donors (Lipinski definition) is 0. The molecule has 0 aliphatic carbocycles. The number of halogens is 1. The van der Waals surface area contributed by atoms with E-state index in [0.29, 0.717) is 5.02 Å². The van der Waals surface area contributed by atoms with Crippen LogP contribution in [0.3, 0.4) is 0 Å². The zero-order chi connectivity index (χ0) is 14.5. The van der Waals surface area contributed by atoms with Crippen molar-refractivity contribution in [3.8, 4) is 5.75 Å². The van der Waals surface area contributed by atoms with E-state index in [9.17, 15) is 0 Å². The molecule has 21 heavy (non-hydrogen) atoms. The first-order valence-corrected chi connectivity index (χ1v) is 7.71. The van der Waals surface area contributed by atoms with Crippen LogP contribution in [-0.4, -0.2) is 29.1 Å². The number of para-hydroxylation sites is 1. The molecule has 110 valence electrons. The largest absolute Gasteiger partial charge is 0.489 e. The third-order valence-electron chi connectivity index (χ3n) is 3.82.